The van der Waals surface area contributed by atoms with Crippen LogP contribution in [0, 0.1) is 0 Å². The Morgan fingerprint density at radius 1 is 1.10 bits per heavy atom. The van der Waals surface area contributed by atoms with Gasteiger partial charge in [0.15, 0.2) is 5.82 Å². The maximum absolute atomic E-state index is 4.38. The first-order valence-electron chi connectivity index (χ1n) is 7.70. The molecule has 0 bridgehead atoms. The highest BCUT2D eigenvalue weighted by Gasteiger charge is 2.20. The van der Waals surface area contributed by atoms with Gasteiger partial charge in [0.2, 0.25) is 0 Å². The van der Waals surface area contributed by atoms with Crippen LogP contribution >= 0.6 is 0 Å². The van der Waals surface area contributed by atoms with Crippen molar-refractivity contribution in [3.63, 3.8) is 0 Å². The van der Waals surface area contributed by atoms with Crippen LogP contribution < -0.4 is 10.2 Å². The molecule has 1 aromatic carbocycles. The largest absolute Gasteiger partial charge is 0.351 e. The predicted octanol–water partition coefficient (Wildman–Crippen LogP) is 2.76. The molecule has 4 nitrogen and oxygen atoms in total. The SMILES string of the molecule is CCN(Cc1ccccc1)c1ccc(CNC2CC2)nn1. The zero-order chi connectivity index (χ0) is 14.5. The minimum absolute atomic E-state index is 0.705. The molecule has 1 saturated carbocycles. The van der Waals surface area contributed by atoms with E-state index in [1.54, 1.807) is 0 Å². The molecule has 2 aromatic rings. The summed E-state index contributed by atoms with van der Waals surface area (Å²) in [5.74, 6) is 0.941. The summed E-state index contributed by atoms with van der Waals surface area (Å²) in [5.41, 5.74) is 2.31. The van der Waals surface area contributed by atoms with Crippen LogP contribution in [0.25, 0.3) is 0 Å². The lowest BCUT2D eigenvalue weighted by Gasteiger charge is -2.21. The Hall–Kier alpha value is -1.94. The summed E-state index contributed by atoms with van der Waals surface area (Å²) in [4.78, 5) is 2.24. The van der Waals surface area contributed by atoms with Crippen LogP contribution in [0.1, 0.15) is 31.0 Å². The summed E-state index contributed by atoms with van der Waals surface area (Å²) in [7, 11) is 0. The Morgan fingerprint density at radius 3 is 2.52 bits per heavy atom. The van der Waals surface area contributed by atoms with E-state index in [0.29, 0.717) is 6.04 Å². The summed E-state index contributed by atoms with van der Waals surface area (Å²) in [6, 6.07) is 15.3. The van der Waals surface area contributed by atoms with Gasteiger partial charge in [-0.05, 0) is 37.5 Å². The molecule has 0 spiro atoms. The molecule has 1 fully saturated rings. The van der Waals surface area contributed by atoms with Crippen molar-refractivity contribution in [2.45, 2.75) is 38.9 Å². The minimum Gasteiger partial charge on any atom is -0.351 e. The third kappa shape index (κ3) is 4.02. The van der Waals surface area contributed by atoms with Gasteiger partial charge in [0, 0.05) is 25.7 Å². The fourth-order valence-electron chi connectivity index (χ4n) is 2.31. The molecular weight excluding hydrogens is 260 g/mol. The highest BCUT2D eigenvalue weighted by Crippen LogP contribution is 2.19. The van der Waals surface area contributed by atoms with Crippen molar-refractivity contribution < 1.29 is 0 Å². The molecule has 0 radical (unpaired) electrons. The molecule has 1 aliphatic carbocycles. The standard InChI is InChI=1S/C17H22N4/c1-2-21(13-14-6-4-3-5-7-14)17-11-10-16(19-20-17)12-18-15-8-9-15/h3-7,10-11,15,18H,2,8-9,12-13H2,1H3. The van der Waals surface area contributed by atoms with Crippen molar-refractivity contribution in [2.24, 2.45) is 0 Å². The lowest BCUT2D eigenvalue weighted by molar-refractivity contribution is 0.663. The maximum atomic E-state index is 4.38. The quantitative estimate of drug-likeness (QED) is 0.848. The van der Waals surface area contributed by atoms with Gasteiger partial charge >= 0.3 is 0 Å². The van der Waals surface area contributed by atoms with E-state index in [1.165, 1.54) is 18.4 Å². The highest BCUT2D eigenvalue weighted by atomic mass is 15.3. The van der Waals surface area contributed by atoms with E-state index in [-0.39, 0.29) is 0 Å². The number of aromatic nitrogens is 2. The zero-order valence-electron chi connectivity index (χ0n) is 12.5. The molecule has 1 N–H and O–H groups in total. The molecule has 3 rings (SSSR count). The zero-order valence-corrected chi connectivity index (χ0v) is 12.5. The van der Waals surface area contributed by atoms with E-state index in [2.05, 4.69) is 63.7 Å². The molecule has 1 aliphatic rings. The normalized spacial score (nSPS) is 14.1. The Morgan fingerprint density at radius 2 is 1.90 bits per heavy atom. The maximum Gasteiger partial charge on any atom is 0.151 e. The summed E-state index contributed by atoms with van der Waals surface area (Å²) in [5, 5.41) is 12.2. The smallest absolute Gasteiger partial charge is 0.151 e. The molecule has 1 aromatic heterocycles. The minimum atomic E-state index is 0.705. The first-order chi connectivity index (χ1) is 10.3. The number of hydrogen-bond acceptors (Lipinski definition) is 4. The molecule has 4 heteroatoms. The number of benzene rings is 1. The van der Waals surface area contributed by atoms with Crippen molar-refractivity contribution in [2.75, 3.05) is 11.4 Å². The van der Waals surface area contributed by atoms with Crippen molar-refractivity contribution in [3.05, 3.63) is 53.7 Å². The molecular formula is C17H22N4. The second-order valence-electron chi connectivity index (χ2n) is 5.54. The monoisotopic (exact) mass is 282 g/mol. The average Bonchev–Trinajstić information content (AvgIpc) is 3.37. The van der Waals surface area contributed by atoms with Crippen LogP contribution in [0.3, 0.4) is 0 Å². The van der Waals surface area contributed by atoms with Crippen LogP contribution in [0.15, 0.2) is 42.5 Å². The fourth-order valence-corrected chi connectivity index (χ4v) is 2.31. The molecule has 21 heavy (non-hydrogen) atoms. The fraction of sp³-hybridized carbons (Fsp3) is 0.412. The van der Waals surface area contributed by atoms with Gasteiger partial charge in [0.1, 0.15) is 0 Å². The summed E-state index contributed by atoms with van der Waals surface area (Å²) in [6.45, 7) is 4.75. The van der Waals surface area contributed by atoms with Crippen molar-refractivity contribution in [3.8, 4) is 0 Å². The Bertz CT molecular complexity index is 549. The molecule has 0 aliphatic heterocycles. The molecule has 0 atom stereocenters. The average molecular weight is 282 g/mol. The molecule has 0 unspecified atom stereocenters. The number of hydrogen-bond donors (Lipinski definition) is 1. The van der Waals surface area contributed by atoms with Crippen LogP contribution in [0.5, 0.6) is 0 Å². The lowest BCUT2D eigenvalue weighted by Crippen LogP contribution is -2.24. The van der Waals surface area contributed by atoms with Gasteiger partial charge in [0.25, 0.3) is 0 Å². The van der Waals surface area contributed by atoms with Gasteiger partial charge in [-0.25, -0.2) is 0 Å². The van der Waals surface area contributed by atoms with E-state index >= 15 is 0 Å². The third-order valence-corrected chi connectivity index (χ3v) is 3.78. The molecule has 1 heterocycles. The van der Waals surface area contributed by atoms with Crippen LogP contribution in [0.2, 0.25) is 0 Å². The number of anilines is 1. The van der Waals surface area contributed by atoms with Gasteiger partial charge in [-0.15, -0.1) is 5.10 Å². The molecule has 0 saturated heterocycles. The van der Waals surface area contributed by atoms with E-state index in [0.717, 1.165) is 31.1 Å². The predicted molar refractivity (Wildman–Crippen MR) is 85.1 cm³/mol. The first-order valence-corrected chi connectivity index (χ1v) is 7.70. The Balaban J connectivity index is 1.62. The topological polar surface area (TPSA) is 41.0 Å². The summed E-state index contributed by atoms with van der Waals surface area (Å²) < 4.78 is 0. The van der Waals surface area contributed by atoms with Gasteiger partial charge in [-0.2, -0.15) is 5.10 Å². The van der Waals surface area contributed by atoms with E-state index in [4.69, 9.17) is 0 Å². The van der Waals surface area contributed by atoms with Crippen molar-refractivity contribution >= 4 is 5.82 Å². The van der Waals surface area contributed by atoms with E-state index in [1.807, 2.05) is 6.07 Å². The third-order valence-electron chi connectivity index (χ3n) is 3.78. The highest BCUT2D eigenvalue weighted by molar-refractivity contribution is 5.38. The number of rotatable bonds is 7. The van der Waals surface area contributed by atoms with Gasteiger partial charge < -0.3 is 10.2 Å². The molecule has 110 valence electrons. The summed E-state index contributed by atoms with van der Waals surface area (Å²) in [6.07, 6.45) is 2.60. The number of nitrogens with zero attached hydrogens (tertiary/aromatic N) is 3. The van der Waals surface area contributed by atoms with Crippen LogP contribution in [-0.4, -0.2) is 22.8 Å². The van der Waals surface area contributed by atoms with Crippen molar-refractivity contribution in [1.29, 1.82) is 0 Å². The van der Waals surface area contributed by atoms with Crippen LogP contribution in [0.4, 0.5) is 5.82 Å². The summed E-state index contributed by atoms with van der Waals surface area (Å²) >= 11 is 0. The number of nitrogens with one attached hydrogen (secondary N) is 1. The van der Waals surface area contributed by atoms with Crippen molar-refractivity contribution in [1.82, 2.24) is 15.5 Å². The second-order valence-corrected chi connectivity index (χ2v) is 5.54. The second kappa shape index (κ2) is 6.68. The van der Waals surface area contributed by atoms with Gasteiger partial charge in [0.05, 0.1) is 5.69 Å². The van der Waals surface area contributed by atoms with E-state index in [9.17, 15) is 0 Å². The lowest BCUT2D eigenvalue weighted by atomic mass is 10.2. The van der Waals surface area contributed by atoms with Gasteiger partial charge in [-0.3, -0.25) is 0 Å². The first kappa shape index (κ1) is 14.0. The van der Waals surface area contributed by atoms with E-state index < -0.39 is 0 Å². The van der Waals surface area contributed by atoms with Crippen LogP contribution in [-0.2, 0) is 13.1 Å². The van der Waals surface area contributed by atoms with Gasteiger partial charge in [-0.1, -0.05) is 30.3 Å². The Kier molecular flexibility index (Phi) is 4.46. The Labute approximate surface area is 126 Å². The molecule has 0 amide bonds.